The molecule has 4 rings (SSSR count). The van der Waals surface area contributed by atoms with Gasteiger partial charge in [0.15, 0.2) is 0 Å². The van der Waals surface area contributed by atoms with E-state index >= 15 is 0 Å². The van der Waals surface area contributed by atoms with Crippen LogP contribution in [0.15, 0.2) is 0 Å². The lowest BCUT2D eigenvalue weighted by atomic mass is 9.45. The van der Waals surface area contributed by atoms with Crippen LogP contribution in [0.4, 0.5) is 0 Å². The third-order valence-corrected chi connectivity index (χ3v) is 5.41. The average Bonchev–Trinajstić information content (AvgIpc) is 1.98. The van der Waals surface area contributed by atoms with Gasteiger partial charge in [0.2, 0.25) is 0 Å². The van der Waals surface area contributed by atoms with E-state index in [2.05, 4.69) is 13.8 Å². The lowest BCUT2D eigenvalue weighted by Crippen LogP contribution is -2.59. The second kappa shape index (κ2) is 2.55. The lowest BCUT2D eigenvalue weighted by molar-refractivity contribution is -0.0884. The zero-order valence-electron chi connectivity index (χ0n) is 9.55. The van der Waals surface area contributed by atoms with Crippen LogP contribution in [0.5, 0.6) is 0 Å². The van der Waals surface area contributed by atoms with Crippen molar-refractivity contribution in [2.75, 3.05) is 0 Å². The largest absolute Gasteiger partial charge is 0.325 e. The molecule has 0 saturated heterocycles. The van der Waals surface area contributed by atoms with Gasteiger partial charge in [-0.05, 0) is 75.5 Å². The minimum atomic E-state index is 0.0585. The first-order valence-corrected chi connectivity index (χ1v) is 6.27. The Bertz CT molecular complexity index is 213. The van der Waals surface area contributed by atoms with Crippen molar-refractivity contribution >= 4 is 0 Å². The minimum absolute atomic E-state index is 0.0585. The van der Waals surface area contributed by atoms with Gasteiger partial charge >= 0.3 is 0 Å². The predicted molar refractivity (Wildman–Crippen MR) is 58.9 cm³/mol. The summed E-state index contributed by atoms with van der Waals surface area (Å²) in [5.74, 6) is 3.09. The molecular weight excluding hydrogens is 170 g/mol. The third kappa shape index (κ3) is 1.11. The fraction of sp³-hybridized carbons (Fsp3) is 1.00. The fourth-order valence-electron chi connectivity index (χ4n) is 4.90. The van der Waals surface area contributed by atoms with Crippen molar-refractivity contribution in [3.63, 3.8) is 0 Å². The highest BCUT2D eigenvalue weighted by atomic mass is 14.8. The van der Waals surface area contributed by atoms with E-state index in [-0.39, 0.29) is 5.54 Å². The summed E-state index contributed by atoms with van der Waals surface area (Å²) in [5, 5.41) is 0. The predicted octanol–water partition coefficient (Wildman–Crippen LogP) is 2.94. The third-order valence-electron chi connectivity index (χ3n) is 5.41. The molecule has 0 aliphatic heterocycles. The summed E-state index contributed by atoms with van der Waals surface area (Å²) in [7, 11) is 0. The van der Waals surface area contributed by atoms with Crippen molar-refractivity contribution in [2.24, 2.45) is 28.9 Å². The van der Waals surface area contributed by atoms with Crippen molar-refractivity contribution in [3.05, 3.63) is 0 Å². The molecule has 80 valence electrons. The van der Waals surface area contributed by atoms with Crippen molar-refractivity contribution in [1.82, 2.24) is 0 Å². The summed E-state index contributed by atoms with van der Waals surface area (Å²) >= 11 is 0. The Balaban J connectivity index is 1.95. The maximum absolute atomic E-state index is 6.43. The number of nitrogens with two attached hydrogens (primary N) is 1. The molecule has 1 nitrogen and oxygen atoms in total. The summed E-state index contributed by atoms with van der Waals surface area (Å²) in [6, 6.07) is 0. The van der Waals surface area contributed by atoms with Gasteiger partial charge in [-0.3, -0.25) is 0 Å². The monoisotopic (exact) mass is 193 g/mol. The second-order valence-corrected chi connectivity index (χ2v) is 6.92. The van der Waals surface area contributed by atoms with Crippen molar-refractivity contribution < 1.29 is 0 Å². The molecule has 4 bridgehead atoms. The van der Waals surface area contributed by atoms with Crippen LogP contribution >= 0.6 is 0 Å². The van der Waals surface area contributed by atoms with Crippen LogP contribution in [0.25, 0.3) is 0 Å². The molecular formula is C13H23N. The van der Waals surface area contributed by atoms with Crippen LogP contribution < -0.4 is 5.73 Å². The molecule has 0 heterocycles. The maximum Gasteiger partial charge on any atom is 0.0154 e. The molecule has 0 spiro atoms. The molecule has 4 fully saturated rings. The Morgan fingerprint density at radius 2 is 1.29 bits per heavy atom. The molecule has 0 aromatic rings. The lowest BCUT2D eigenvalue weighted by Gasteiger charge is -2.61. The van der Waals surface area contributed by atoms with E-state index in [1.165, 1.54) is 38.5 Å². The first kappa shape index (κ1) is 9.21. The zero-order chi connectivity index (χ0) is 9.97. The normalized spacial score (nSPS) is 51.2. The molecule has 1 heteroatoms. The summed E-state index contributed by atoms with van der Waals surface area (Å²) in [6.07, 6.45) is 8.87. The Labute approximate surface area is 87.4 Å². The second-order valence-electron chi connectivity index (χ2n) is 6.92. The molecule has 0 unspecified atom stereocenters. The van der Waals surface area contributed by atoms with Crippen LogP contribution in [-0.4, -0.2) is 5.54 Å². The highest BCUT2D eigenvalue weighted by Gasteiger charge is 2.55. The number of rotatable bonds is 1. The maximum atomic E-state index is 6.43. The Hall–Kier alpha value is -0.0400. The van der Waals surface area contributed by atoms with Gasteiger partial charge in [-0.25, -0.2) is 0 Å². The molecule has 0 radical (unpaired) electrons. The first-order valence-electron chi connectivity index (χ1n) is 6.27. The van der Waals surface area contributed by atoms with E-state index in [0.29, 0.717) is 5.41 Å². The topological polar surface area (TPSA) is 26.0 Å². The van der Waals surface area contributed by atoms with Crippen LogP contribution in [0.2, 0.25) is 0 Å². The van der Waals surface area contributed by atoms with E-state index in [1.807, 2.05) is 0 Å². The average molecular weight is 193 g/mol. The number of hydrogen-bond acceptors (Lipinski definition) is 1. The van der Waals surface area contributed by atoms with Crippen LogP contribution in [-0.2, 0) is 0 Å². The molecule has 4 saturated carbocycles. The SMILES string of the molecule is CC(C)(N)C12CC3CC(CC(C3)C1)C2. The van der Waals surface area contributed by atoms with Gasteiger partial charge in [0.25, 0.3) is 0 Å². The van der Waals surface area contributed by atoms with Gasteiger partial charge in [0, 0.05) is 5.54 Å². The molecule has 0 atom stereocenters. The van der Waals surface area contributed by atoms with Crippen molar-refractivity contribution in [3.8, 4) is 0 Å². The van der Waals surface area contributed by atoms with Crippen LogP contribution in [0.3, 0.4) is 0 Å². The van der Waals surface area contributed by atoms with E-state index in [4.69, 9.17) is 5.73 Å². The van der Waals surface area contributed by atoms with Gasteiger partial charge < -0.3 is 5.73 Å². The Kier molecular flexibility index (Phi) is 1.68. The first-order chi connectivity index (χ1) is 6.48. The van der Waals surface area contributed by atoms with E-state index in [1.54, 1.807) is 0 Å². The van der Waals surface area contributed by atoms with Gasteiger partial charge in [-0.2, -0.15) is 0 Å². The van der Waals surface area contributed by atoms with Gasteiger partial charge in [0.05, 0.1) is 0 Å². The minimum Gasteiger partial charge on any atom is -0.325 e. The highest BCUT2D eigenvalue weighted by Crippen LogP contribution is 2.62. The van der Waals surface area contributed by atoms with Gasteiger partial charge in [-0.15, -0.1) is 0 Å². The van der Waals surface area contributed by atoms with Crippen LogP contribution in [0.1, 0.15) is 52.4 Å². The smallest absolute Gasteiger partial charge is 0.0154 e. The Morgan fingerprint density at radius 3 is 1.57 bits per heavy atom. The molecule has 2 N–H and O–H groups in total. The molecule has 0 aromatic carbocycles. The summed E-state index contributed by atoms with van der Waals surface area (Å²) in [5.41, 5.74) is 7.01. The fourth-order valence-corrected chi connectivity index (χ4v) is 4.90. The molecule has 0 amide bonds. The van der Waals surface area contributed by atoms with E-state index < -0.39 is 0 Å². The summed E-state index contributed by atoms with van der Waals surface area (Å²) in [6.45, 7) is 4.53. The van der Waals surface area contributed by atoms with Crippen molar-refractivity contribution in [1.29, 1.82) is 0 Å². The molecule has 4 aliphatic rings. The van der Waals surface area contributed by atoms with Crippen LogP contribution in [0, 0.1) is 23.2 Å². The quantitative estimate of drug-likeness (QED) is 0.681. The molecule has 14 heavy (non-hydrogen) atoms. The Morgan fingerprint density at radius 1 is 0.929 bits per heavy atom. The summed E-state index contributed by atoms with van der Waals surface area (Å²) in [4.78, 5) is 0. The molecule has 4 aliphatic carbocycles. The highest BCUT2D eigenvalue weighted by molar-refractivity contribution is 5.08. The van der Waals surface area contributed by atoms with Gasteiger partial charge in [-0.1, -0.05) is 0 Å². The van der Waals surface area contributed by atoms with E-state index in [9.17, 15) is 0 Å². The zero-order valence-corrected chi connectivity index (χ0v) is 9.55. The number of hydrogen-bond donors (Lipinski definition) is 1. The van der Waals surface area contributed by atoms with Crippen molar-refractivity contribution in [2.45, 2.75) is 57.9 Å². The molecule has 0 aromatic heterocycles. The summed E-state index contributed by atoms with van der Waals surface area (Å²) < 4.78 is 0. The standard InChI is InChI=1S/C13H23N/c1-12(2,14)13-6-9-3-10(7-13)5-11(4-9)8-13/h9-11H,3-8,14H2,1-2H3. The van der Waals surface area contributed by atoms with Gasteiger partial charge in [0.1, 0.15) is 0 Å². The van der Waals surface area contributed by atoms with E-state index in [0.717, 1.165) is 17.8 Å².